The highest BCUT2D eigenvalue weighted by Gasteiger charge is 2.20. The second-order valence-electron chi connectivity index (χ2n) is 5.62. The molecule has 1 heterocycles. The zero-order chi connectivity index (χ0) is 15.6. The van der Waals surface area contributed by atoms with Crippen LogP contribution in [0.15, 0.2) is 77.8 Å². The molecule has 0 fully saturated rings. The number of nitrogens with zero attached hydrogens (tertiary/aromatic N) is 1. The van der Waals surface area contributed by atoms with Crippen LogP contribution >= 0.6 is 0 Å². The van der Waals surface area contributed by atoms with E-state index >= 15 is 0 Å². The molecule has 2 nitrogen and oxygen atoms in total. The van der Waals surface area contributed by atoms with Crippen molar-refractivity contribution in [3.8, 4) is 5.75 Å². The molecule has 0 bridgehead atoms. The second kappa shape index (κ2) is 5.73. The second-order valence-corrected chi connectivity index (χ2v) is 5.62. The summed E-state index contributed by atoms with van der Waals surface area (Å²) in [5.74, 6) is 0.919. The lowest BCUT2D eigenvalue weighted by Crippen LogP contribution is -2.06. The molecule has 2 heteroatoms. The monoisotopic (exact) mass is 299 g/mol. The molecule has 3 aromatic carbocycles. The molecular weight excluding hydrogens is 282 g/mol. The standard InChI is InChI=1S/C21H17NO/c1-23-20-13-7-11-17-18(20)14-16-10-5-6-12-19(16)22-21(17)15-8-3-2-4-9-15/h2-13H,14H2,1H3. The van der Waals surface area contributed by atoms with Crippen LogP contribution in [0.3, 0.4) is 0 Å². The minimum atomic E-state index is 0.829. The third kappa shape index (κ3) is 2.42. The summed E-state index contributed by atoms with van der Waals surface area (Å²) in [5, 5.41) is 0. The predicted molar refractivity (Wildman–Crippen MR) is 94.0 cm³/mol. The third-order valence-corrected chi connectivity index (χ3v) is 4.25. The first kappa shape index (κ1) is 13.8. The van der Waals surface area contributed by atoms with Crippen LogP contribution < -0.4 is 4.74 Å². The average Bonchev–Trinajstić information content (AvgIpc) is 2.79. The van der Waals surface area contributed by atoms with Crippen molar-refractivity contribution < 1.29 is 4.74 Å². The van der Waals surface area contributed by atoms with Crippen LogP contribution in [0.2, 0.25) is 0 Å². The first-order valence-electron chi connectivity index (χ1n) is 7.75. The van der Waals surface area contributed by atoms with E-state index in [0.717, 1.165) is 34.7 Å². The van der Waals surface area contributed by atoms with Crippen molar-refractivity contribution in [1.29, 1.82) is 0 Å². The number of para-hydroxylation sites is 1. The molecule has 23 heavy (non-hydrogen) atoms. The maximum atomic E-state index is 5.61. The number of methoxy groups -OCH3 is 1. The number of aliphatic imine (C=N–C) groups is 1. The zero-order valence-corrected chi connectivity index (χ0v) is 13.0. The molecule has 0 atom stereocenters. The summed E-state index contributed by atoms with van der Waals surface area (Å²) in [7, 11) is 1.73. The molecule has 0 saturated heterocycles. The van der Waals surface area contributed by atoms with Gasteiger partial charge in [0.2, 0.25) is 0 Å². The first-order chi connectivity index (χ1) is 11.4. The van der Waals surface area contributed by atoms with Gasteiger partial charge >= 0.3 is 0 Å². The fourth-order valence-electron chi connectivity index (χ4n) is 3.12. The van der Waals surface area contributed by atoms with Crippen LogP contribution in [0, 0.1) is 0 Å². The zero-order valence-electron chi connectivity index (χ0n) is 13.0. The highest BCUT2D eigenvalue weighted by atomic mass is 16.5. The number of rotatable bonds is 2. The quantitative estimate of drug-likeness (QED) is 0.522. The lowest BCUT2D eigenvalue weighted by atomic mass is 9.94. The number of ether oxygens (including phenoxy) is 1. The van der Waals surface area contributed by atoms with Gasteiger partial charge in [-0.2, -0.15) is 0 Å². The highest BCUT2D eigenvalue weighted by molar-refractivity contribution is 6.15. The Hall–Kier alpha value is -2.87. The van der Waals surface area contributed by atoms with E-state index < -0.39 is 0 Å². The van der Waals surface area contributed by atoms with Gasteiger partial charge in [-0.3, -0.25) is 0 Å². The molecule has 0 radical (unpaired) electrons. The van der Waals surface area contributed by atoms with E-state index in [1.165, 1.54) is 11.1 Å². The lowest BCUT2D eigenvalue weighted by molar-refractivity contribution is 0.410. The Morgan fingerprint density at radius 2 is 1.61 bits per heavy atom. The van der Waals surface area contributed by atoms with Gasteiger partial charge in [-0.1, -0.05) is 60.7 Å². The topological polar surface area (TPSA) is 21.6 Å². The smallest absolute Gasteiger partial charge is 0.123 e. The van der Waals surface area contributed by atoms with Crippen molar-refractivity contribution in [2.75, 3.05) is 7.11 Å². The molecule has 0 aromatic heterocycles. The van der Waals surface area contributed by atoms with Gasteiger partial charge in [0.1, 0.15) is 5.75 Å². The van der Waals surface area contributed by atoms with Gasteiger partial charge in [-0.25, -0.2) is 4.99 Å². The van der Waals surface area contributed by atoms with E-state index in [2.05, 4.69) is 48.5 Å². The average molecular weight is 299 g/mol. The van der Waals surface area contributed by atoms with E-state index in [9.17, 15) is 0 Å². The predicted octanol–water partition coefficient (Wildman–Crippen LogP) is 4.77. The maximum absolute atomic E-state index is 5.61. The Bertz CT molecular complexity index is 881. The molecule has 1 aliphatic heterocycles. The molecule has 0 saturated carbocycles. The van der Waals surface area contributed by atoms with Crippen LogP contribution in [0.5, 0.6) is 5.75 Å². The van der Waals surface area contributed by atoms with Crippen molar-refractivity contribution in [2.24, 2.45) is 4.99 Å². The lowest BCUT2D eigenvalue weighted by Gasteiger charge is -2.13. The van der Waals surface area contributed by atoms with Crippen molar-refractivity contribution in [3.05, 3.63) is 95.1 Å². The summed E-state index contributed by atoms with van der Waals surface area (Å²) < 4.78 is 5.61. The SMILES string of the molecule is COc1cccc2c1Cc1ccccc1N=C2c1ccccc1. The molecule has 0 unspecified atom stereocenters. The van der Waals surface area contributed by atoms with Gasteiger partial charge in [0, 0.05) is 23.1 Å². The van der Waals surface area contributed by atoms with E-state index in [4.69, 9.17) is 9.73 Å². The van der Waals surface area contributed by atoms with Crippen molar-refractivity contribution >= 4 is 11.4 Å². The van der Waals surface area contributed by atoms with Crippen LogP contribution in [0.4, 0.5) is 5.69 Å². The van der Waals surface area contributed by atoms with Crippen molar-refractivity contribution in [3.63, 3.8) is 0 Å². The first-order valence-corrected chi connectivity index (χ1v) is 7.75. The van der Waals surface area contributed by atoms with Gasteiger partial charge < -0.3 is 4.74 Å². The molecule has 0 amide bonds. The van der Waals surface area contributed by atoms with Crippen LogP contribution in [0.1, 0.15) is 22.3 Å². The van der Waals surface area contributed by atoms with Crippen LogP contribution in [-0.4, -0.2) is 12.8 Å². The fourth-order valence-corrected chi connectivity index (χ4v) is 3.12. The Kier molecular flexibility index (Phi) is 3.43. The molecule has 0 aliphatic carbocycles. The summed E-state index contributed by atoms with van der Waals surface area (Å²) in [6, 6.07) is 24.9. The van der Waals surface area contributed by atoms with Gasteiger partial charge in [0.25, 0.3) is 0 Å². The largest absolute Gasteiger partial charge is 0.496 e. The van der Waals surface area contributed by atoms with Crippen LogP contribution in [-0.2, 0) is 6.42 Å². The van der Waals surface area contributed by atoms with Gasteiger partial charge in [-0.05, 0) is 17.7 Å². The summed E-state index contributed by atoms with van der Waals surface area (Å²) in [5.41, 5.74) is 6.73. The minimum absolute atomic E-state index is 0.829. The molecule has 0 N–H and O–H groups in total. The molecule has 0 spiro atoms. The number of benzene rings is 3. The number of fused-ring (bicyclic) bond motifs is 2. The molecule has 1 aliphatic rings. The summed E-state index contributed by atoms with van der Waals surface area (Å²) in [4.78, 5) is 4.99. The Labute approximate surface area is 136 Å². The third-order valence-electron chi connectivity index (χ3n) is 4.25. The number of hydrogen-bond acceptors (Lipinski definition) is 2. The van der Waals surface area contributed by atoms with E-state index in [1.807, 2.05) is 24.3 Å². The minimum Gasteiger partial charge on any atom is -0.496 e. The van der Waals surface area contributed by atoms with Crippen molar-refractivity contribution in [2.45, 2.75) is 6.42 Å². The number of hydrogen-bond donors (Lipinski definition) is 0. The van der Waals surface area contributed by atoms with E-state index in [-0.39, 0.29) is 0 Å². The van der Waals surface area contributed by atoms with E-state index in [0.29, 0.717) is 0 Å². The molecule has 112 valence electrons. The van der Waals surface area contributed by atoms with Gasteiger partial charge in [0.05, 0.1) is 18.5 Å². The Morgan fingerprint density at radius 3 is 2.43 bits per heavy atom. The molecule has 3 aromatic rings. The fraction of sp³-hybridized carbons (Fsp3) is 0.0952. The van der Waals surface area contributed by atoms with Gasteiger partial charge in [0.15, 0.2) is 0 Å². The molecular formula is C21H17NO. The normalized spacial score (nSPS) is 12.7. The van der Waals surface area contributed by atoms with E-state index in [1.54, 1.807) is 7.11 Å². The van der Waals surface area contributed by atoms with Crippen molar-refractivity contribution in [1.82, 2.24) is 0 Å². The molecule has 4 rings (SSSR count). The summed E-state index contributed by atoms with van der Waals surface area (Å²) in [6.07, 6.45) is 0.829. The highest BCUT2D eigenvalue weighted by Crippen LogP contribution is 2.34. The Morgan fingerprint density at radius 1 is 0.826 bits per heavy atom. The Balaban J connectivity index is 2.02. The van der Waals surface area contributed by atoms with Crippen LogP contribution in [0.25, 0.3) is 0 Å². The summed E-state index contributed by atoms with van der Waals surface area (Å²) in [6.45, 7) is 0. The summed E-state index contributed by atoms with van der Waals surface area (Å²) >= 11 is 0. The van der Waals surface area contributed by atoms with Gasteiger partial charge in [-0.15, -0.1) is 0 Å². The maximum Gasteiger partial charge on any atom is 0.123 e.